The first-order chi connectivity index (χ1) is 7.47. The number of carbonyl (C=O) groups excluding carboxylic acids is 2. The van der Waals surface area contributed by atoms with Gasteiger partial charge in [-0.05, 0) is 12.3 Å². The summed E-state index contributed by atoms with van der Waals surface area (Å²) in [5.74, 6) is -0.158. The van der Waals surface area contributed by atoms with Gasteiger partial charge in [-0.25, -0.2) is 0 Å². The van der Waals surface area contributed by atoms with Gasteiger partial charge in [-0.2, -0.15) is 0 Å². The number of likely N-dealkylation sites (tertiary alicyclic amines) is 1. The fourth-order valence-electron chi connectivity index (χ4n) is 2.02. The third-order valence-corrected chi connectivity index (χ3v) is 3.06. The Morgan fingerprint density at radius 3 is 2.38 bits per heavy atom. The topological polar surface area (TPSA) is 63.4 Å². The van der Waals surface area contributed by atoms with E-state index in [0.29, 0.717) is 19.3 Å². The molecule has 0 aromatic rings. The maximum absolute atomic E-state index is 11.8. The van der Waals surface area contributed by atoms with Gasteiger partial charge in [0.05, 0.1) is 11.0 Å². The Kier molecular flexibility index (Phi) is 4.41. The zero-order valence-electron chi connectivity index (χ0n) is 9.73. The van der Waals surface area contributed by atoms with Crippen molar-refractivity contribution in [1.29, 1.82) is 0 Å². The van der Waals surface area contributed by atoms with Crippen LogP contribution >= 0.6 is 12.2 Å². The highest BCUT2D eigenvalue weighted by Crippen LogP contribution is 2.22. The van der Waals surface area contributed by atoms with E-state index in [-0.39, 0.29) is 22.7 Å². The van der Waals surface area contributed by atoms with Crippen LogP contribution < -0.4 is 5.73 Å². The largest absolute Gasteiger partial charge is 0.392 e. The standard InChI is InChI=1S/C11H18N2O2S/c1-3-4-8(11(12)16)13-9(14)5-7(2)6-10(13)15/h7-8H,3-6H2,1-2H3,(H2,12,16). The predicted molar refractivity (Wildman–Crippen MR) is 65.7 cm³/mol. The summed E-state index contributed by atoms with van der Waals surface area (Å²) in [4.78, 5) is 25.2. The van der Waals surface area contributed by atoms with Crippen LogP contribution in [0.4, 0.5) is 0 Å². The van der Waals surface area contributed by atoms with E-state index in [4.69, 9.17) is 18.0 Å². The number of piperidine rings is 1. The maximum Gasteiger partial charge on any atom is 0.230 e. The molecule has 0 spiro atoms. The summed E-state index contributed by atoms with van der Waals surface area (Å²) in [6, 6.07) is -0.396. The third-order valence-electron chi connectivity index (χ3n) is 2.79. The highest BCUT2D eigenvalue weighted by molar-refractivity contribution is 7.80. The lowest BCUT2D eigenvalue weighted by atomic mass is 9.95. The van der Waals surface area contributed by atoms with Crippen LogP contribution in [0.3, 0.4) is 0 Å². The molecule has 0 aromatic carbocycles. The molecule has 1 aliphatic heterocycles. The molecule has 1 heterocycles. The zero-order valence-corrected chi connectivity index (χ0v) is 10.5. The molecule has 4 nitrogen and oxygen atoms in total. The van der Waals surface area contributed by atoms with Crippen molar-refractivity contribution in [2.75, 3.05) is 0 Å². The number of thiocarbonyl (C=S) groups is 1. The van der Waals surface area contributed by atoms with Gasteiger partial charge < -0.3 is 5.73 Å². The number of imide groups is 1. The maximum atomic E-state index is 11.8. The second-order valence-corrected chi connectivity index (χ2v) is 4.85. The number of amides is 2. The van der Waals surface area contributed by atoms with E-state index in [1.807, 2.05) is 13.8 Å². The van der Waals surface area contributed by atoms with Gasteiger partial charge in [0.15, 0.2) is 0 Å². The van der Waals surface area contributed by atoms with Crippen molar-refractivity contribution >= 4 is 29.0 Å². The van der Waals surface area contributed by atoms with Gasteiger partial charge >= 0.3 is 0 Å². The molecular formula is C11H18N2O2S. The molecule has 5 heteroatoms. The van der Waals surface area contributed by atoms with Crippen molar-refractivity contribution < 1.29 is 9.59 Å². The molecule has 1 aliphatic rings. The van der Waals surface area contributed by atoms with Crippen molar-refractivity contribution in [1.82, 2.24) is 4.90 Å². The minimum atomic E-state index is -0.396. The van der Waals surface area contributed by atoms with E-state index in [1.54, 1.807) is 0 Å². The molecule has 1 atom stereocenters. The van der Waals surface area contributed by atoms with Crippen LogP contribution in [-0.4, -0.2) is 27.7 Å². The first-order valence-electron chi connectivity index (χ1n) is 5.61. The molecule has 1 unspecified atom stereocenters. The molecule has 1 rings (SSSR count). The lowest BCUT2D eigenvalue weighted by molar-refractivity contribution is -0.151. The zero-order chi connectivity index (χ0) is 12.3. The Morgan fingerprint density at radius 1 is 1.50 bits per heavy atom. The number of hydrogen-bond acceptors (Lipinski definition) is 3. The van der Waals surface area contributed by atoms with Gasteiger partial charge in [0.25, 0.3) is 0 Å². The van der Waals surface area contributed by atoms with Crippen molar-refractivity contribution in [2.24, 2.45) is 11.7 Å². The summed E-state index contributed by atoms with van der Waals surface area (Å²) < 4.78 is 0. The third kappa shape index (κ3) is 2.78. The van der Waals surface area contributed by atoms with Crippen molar-refractivity contribution in [2.45, 2.75) is 45.6 Å². The molecule has 0 saturated carbocycles. The smallest absolute Gasteiger partial charge is 0.230 e. The van der Waals surface area contributed by atoms with Crippen LogP contribution in [0.2, 0.25) is 0 Å². The lowest BCUT2D eigenvalue weighted by Crippen LogP contribution is -2.53. The van der Waals surface area contributed by atoms with Gasteiger partial charge in [-0.15, -0.1) is 0 Å². The van der Waals surface area contributed by atoms with Crippen molar-refractivity contribution in [3.05, 3.63) is 0 Å². The number of hydrogen-bond donors (Lipinski definition) is 1. The Hall–Kier alpha value is -0.970. The molecule has 0 radical (unpaired) electrons. The van der Waals surface area contributed by atoms with Crippen LogP contribution in [-0.2, 0) is 9.59 Å². The highest BCUT2D eigenvalue weighted by Gasteiger charge is 2.36. The number of nitrogens with two attached hydrogens (primary N) is 1. The van der Waals surface area contributed by atoms with E-state index in [1.165, 1.54) is 4.90 Å². The average Bonchev–Trinajstić information content (AvgIpc) is 2.14. The van der Waals surface area contributed by atoms with Crippen LogP contribution in [0.15, 0.2) is 0 Å². The fourth-order valence-corrected chi connectivity index (χ4v) is 2.25. The van der Waals surface area contributed by atoms with Gasteiger partial charge in [-0.3, -0.25) is 14.5 Å². The first-order valence-corrected chi connectivity index (χ1v) is 6.02. The number of rotatable bonds is 4. The molecule has 0 aromatic heterocycles. The Bertz CT molecular complexity index is 299. The normalized spacial score (nSPS) is 20.0. The number of carbonyl (C=O) groups is 2. The fraction of sp³-hybridized carbons (Fsp3) is 0.727. The second-order valence-electron chi connectivity index (χ2n) is 4.38. The summed E-state index contributed by atoms with van der Waals surface area (Å²) in [7, 11) is 0. The highest BCUT2D eigenvalue weighted by atomic mass is 32.1. The Labute approximate surface area is 101 Å². The Morgan fingerprint density at radius 2 is 2.00 bits per heavy atom. The summed E-state index contributed by atoms with van der Waals surface area (Å²) in [5.41, 5.74) is 5.60. The van der Waals surface area contributed by atoms with E-state index in [9.17, 15) is 9.59 Å². The molecule has 1 saturated heterocycles. The lowest BCUT2D eigenvalue weighted by Gasteiger charge is -2.34. The molecular weight excluding hydrogens is 224 g/mol. The summed E-state index contributed by atoms with van der Waals surface area (Å²) >= 11 is 4.93. The van der Waals surface area contributed by atoms with E-state index in [0.717, 1.165) is 6.42 Å². The average molecular weight is 242 g/mol. The van der Waals surface area contributed by atoms with Crippen LogP contribution in [0.5, 0.6) is 0 Å². The molecule has 1 fully saturated rings. The summed E-state index contributed by atoms with van der Waals surface area (Å²) in [5, 5.41) is 0. The molecule has 0 aliphatic carbocycles. The van der Waals surface area contributed by atoms with E-state index < -0.39 is 6.04 Å². The SMILES string of the molecule is CCCC(C(N)=S)N1C(=O)CC(C)CC1=O. The summed E-state index contributed by atoms with van der Waals surface area (Å²) in [6.07, 6.45) is 2.32. The van der Waals surface area contributed by atoms with E-state index in [2.05, 4.69) is 0 Å². The van der Waals surface area contributed by atoms with Gasteiger partial charge in [0.1, 0.15) is 0 Å². The van der Waals surface area contributed by atoms with Crippen LogP contribution in [0.25, 0.3) is 0 Å². The van der Waals surface area contributed by atoms with Crippen molar-refractivity contribution in [3.8, 4) is 0 Å². The van der Waals surface area contributed by atoms with Gasteiger partial charge in [0.2, 0.25) is 11.8 Å². The molecule has 90 valence electrons. The summed E-state index contributed by atoms with van der Waals surface area (Å²) in [6.45, 7) is 3.88. The number of nitrogens with zero attached hydrogens (tertiary/aromatic N) is 1. The Balaban J connectivity index is 2.86. The molecule has 0 bridgehead atoms. The van der Waals surface area contributed by atoms with Crippen molar-refractivity contribution in [3.63, 3.8) is 0 Å². The van der Waals surface area contributed by atoms with Gasteiger partial charge in [0, 0.05) is 12.8 Å². The molecule has 16 heavy (non-hydrogen) atoms. The van der Waals surface area contributed by atoms with E-state index >= 15 is 0 Å². The minimum Gasteiger partial charge on any atom is -0.392 e. The van der Waals surface area contributed by atoms with Crippen LogP contribution in [0, 0.1) is 5.92 Å². The monoisotopic (exact) mass is 242 g/mol. The minimum absolute atomic E-state index is 0.130. The quantitative estimate of drug-likeness (QED) is 0.595. The predicted octanol–water partition coefficient (Wildman–Crippen LogP) is 1.23. The first kappa shape index (κ1) is 13.1. The van der Waals surface area contributed by atoms with Gasteiger partial charge in [-0.1, -0.05) is 32.5 Å². The van der Waals surface area contributed by atoms with Crippen LogP contribution in [0.1, 0.15) is 39.5 Å². The second kappa shape index (κ2) is 5.39. The molecule has 2 amide bonds. The molecule has 2 N–H and O–H groups in total.